The van der Waals surface area contributed by atoms with Crippen molar-refractivity contribution in [1.29, 1.82) is 0 Å². The first-order valence-electron chi connectivity index (χ1n) is 12.0. The average molecular weight is 522 g/mol. The summed E-state index contributed by atoms with van der Waals surface area (Å²) in [5.41, 5.74) is 3.21. The van der Waals surface area contributed by atoms with Gasteiger partial charge in [-0.3, -0.25) is 4.79 Å². The van der Waals surface area contributed by atoms with Gasteiger partial charge in [-0.2, -0.15) is 4.98 Å². The van der Waals surface area contributed by atoms with Crippen LogP contribution in [0.3, 0.4) is 0 Å². The van der Waals surface area contributed by atoms with Gasteiger partial charge in [0.1, 0.15) is 5.78 Å². The summed E-state index contributed by atoms with van der Waals surface area (Å²) in [5.74, 6) is 0.213. The average Bonchev–Trinajstić information content (AvgIpc) is 3.36. The zero-order chi connectivity index (χ0) is 25.1. The number of carbonyl (C=O) groups excluding carboxylic acids is 2. The van der Waals surface area contributed by atoms with E-state index in [1.807, 2.05) is 25.1 Å². The summed E-state index contributed by atoms with van der Waals surface area (Å²) in [6.07, 6.45) is 2.87. The van der Waals surface area contributed by atoms with E-state index in [1.165, 1.54) is 0 Å². The first kappa shape index (κ1) is 28.6. The van der Waals surface area contributed by atoms with Crippen LogP contribution < -0.4 is 34.7 Å². The van der Waals surface area contributed by atoms with Crippen molar-refractivity contribution in [2.45, 2.75) is 77.6 Å². The SMILES string of the molecule is Cc1ccc(CC(=O)C[C@H](CCC(=O)[O-])c2noc(-c3noc(CC(C)C)n3)c2C2CC2)c(Cl)c1.[Na+]. The van der Waals surface area contributed by atoms with Gasteiger partial charge in [-0.25, -0.2) is 0 Å². The molecule has 0 bridgehead atoms. The first-order chi connectivity index (χ1) is 16.7. The van der Waals surface area contributed by atoms with Gasteiger partial charge in [-0.05, 0) is 61.6 Å². The molecule has 0 unspecified atom stereocenters. The molecular weight excluding hydrogens is 493 g/mol. The molecule has 8 nitrogen and oxygen atoms in total. The van der Waals surface area contributed by atoms with E-state index in [2.05, 4.69) is 29.1 Å². The third-order valence-corrected chi connectivity index (χ3v) is 6.50. The van der Waals surface area contributed by atoms with Crippen LogP contribution in [-0.4, -0.2) is 27.0 Å². The Kier molecular flexibility index (Phi) is 9.92. The van der Waals surface area contributed by atoms with Gasteiger partial charge in [0.25, 0.3) is 0 Å². The number of benzene rings is 1. The Morgan fingerprint density at radius 3 is 2.58 bits per heavy atom. The van der Waals surface area contributed by atoms with E-state index in [1.54, 1.807) is 0 Å². The number of carboxylic acids is 1. The van der Waals surface area contributed by atoms with Crippen molar-refractivity contribution in [3.8, 4) is 11.6 Å². The normalized spacial score (nSPS) is 14.0. The number of carboxylic acid groups (broad SMARTS) is 1. The number of aromatic nitrogens is 3. The second-order valence-electron chi connectivity index (χ2n) is 9.82. The van der Waals surface area contributed by atoms with Crippen LogP contribution >= 0.6 is 11.6 Å². The predicted molar refractivity (Wildman–Crippen MR) is 127 cm³/mol. The topological polar surface area (TPSA) is 122 Å². The van der Waals surface area contributed by atoms with Crippen molar-refractivity contribution >= 4 is 23.4 Å². The van der Waals surface area contributed by atoms with Gasteiger partial charge in [-0.1, -0.05) is 47.9 Å². The smallest absolute Gasteiger partial charge is 0.550 e. The Morgan fingerprint density at radius 2 is 1.94 bits per heavy atom. The molecule has 4 rings (SSSR count). The standard InChI is InChI=1S/C26H30ClN3O5.Na/c1-14(2)10-21-28-26(30-34-21)25-23(16-6-7-16)24(29-35-25)18(8-9-22(32)33)13-19(31)12-17-5-4-15(3)11-20(17)27;/h4-5,11,14,16,18H,6-10,12-13H2,1-3H3,(H,32,33);/q;+1/p-1/t18-;/m0./s1. The second kappa shape index (κ2) is 12.5. The molecule has 0 saturated heterocycles. The Morgan fingerprint density at radius 1 is 1.19 bits per heavy atom. The fourth-order valence-electron chi connectivity index (χ4n) is 4.29. The van der Waals surface area contributed by atoms with Crippen LogP contribution in [0.5, 0.6) is 0 Å². The molecule has 1 aromatic carbocycles. The summed E-state index contributed by atoms with van der Waals surface area (Å²) in [4.78, 5) is 28.8. The summed E-state index contributed by atoms with van der Waals surface area (Å²) in [7, 11) is 0. The van der Waals surface area contributed by atoms with E-state index >= 15 is 0 Å². The molecule has 2 aromatic heterocycles. The minimum absolute atomic E-state index is 0. The van der Waals surface area contributed by atoms with E-state index < -0.39 is 11.9 Å². The number of Topliss-reactive ketones (excluding diaryl/α,β-unsaturated/α-hetero) is 1. The Bertz CT molecular complexity index is 1220. The van der Waals surface area contributed by atoms with E-state index in [0.717, 1.165) is 29.5 Å². The second-order valence-corrected chi connectivity index (χ2v) is 10.2. The number of rotatable bonds is 12. The van der Waals surface area contributed by atoms with Crippen LogP contribution in [0.15, 0.2) is 27.2 Å². The van der Waals surface area contributed by atoms with Gasteiger partial charge in [0.05, 0.1) is 5.69 Å². The number of carbonyl (C=O) groups is 2. The summed E-state index contributed by atoms with van der Waals surface area (Å²) in [5, 5.41) is 20.2. The maximum atomic E-state index is 13.0. The molecule has 1 saturated carbocycles. The Balaban J connectivity index is 0.00000361. The zero-order valence-corrected chi connectivity index (χ0v) is 23.9. The molecule has 3 aromatic rings. The molecule has 10 heteroatoms. The molecule has 1 aliphatic carbocycles. The van der Waals surface area contributed by atoms with Crippen molar-refractivity contribution < 1.29 is 53.3 Å². The fourth-order valence-corrected chi connectivity index (χ4v) is 4.60. The van der Waals surface area contributed by atoms with E-state index in [0.29, 0.717) is 40.5 Å². The molecule has 0 aliphatic heterocycles. The van der Waals surface area contributed by atoms with Gasteiger partial charge in [-0.15, -0.1) is 0 Å². The largest absolute Gasteiger partial charge is 1.00 e. The maximum absolute atomic E-state index is 13.0. The maximum Gasteiger partial charge on any atom is 1.00 e. The molecule has 1 aliphatic rings. The predicted octanol–water partition coefficient (Wildman–Crippen LogP) is 1.58. The van der Waals surface area contributed by atoms with Crippen molar-refractivity contribution in [3.63, 3.8) is 0 Å². The van der Waals surface area contributed by atoms with Crippen molar-refractivity contribution in [1.82, 2.24) is 15.3 Å². The number of hydrogen-bond donors (Lipinski definition) is 0. The van der Waals surface area contributed by atoms with Crippen molar-refractivity contribution in [2.24, 2.45) is 5.92 Å². The Hall–Kier alpha value is -2.00. The number of halogens is 1. The minimum Gasteiger partial charge on any atom is -0.550 e. The van der Waals surface area contributed by atoms with Gasteiger partial charge in [0.15, 0.2) is 0 Å². The minimum atomic E-state index is -1.17. The van der Waals surface area contributed by atoms with Gasteiger partial charge >= 0.3 is 29.6 Å². The molecule has 1 fully saturated rings. The van der Waals surface area contributed by atoms with Crippen LogP contribution in [0.25, 0.3) is 11.6 Å². The summed E-state index contributed by atoms with van der Waals surface area (Å²) < 4.78 is 11.1. The molecule has 0 N–H and O–H groups in total. The number of hydrogen-bond acceptors (Lipinski definition) is 8. The number of aryl methyl sites for hydroxylation is 1. The van der Waals surface area contributed by atoms with Crippen LogP contribution in [-0.2, 0) is 22.4 Å². The fraction of sp³-hybridized carbons (Fsp3) is 0.500. The van der Waals surface area contributed by atoms with Crippen LogP contribution in [0.4, 0.5) is 0 Å². The monoisotopic (exact) mass is 521 g/mol. The van der Waals surface area contributed by atoms with Gasteiger partial charge in [0.2, 0.25) is 17.5 Å². The Labute approximate surface area is 237 Å². The molecule has 36 heavy (non-hydrogen) atoms. The van der Waals surface area contributed by atoms with E-state index in [4.69, 9.17) is 20.6 Å². The first-order valence-corrected chi connectivity index (χ1v) is 12.4. The van der Waals surface area contributed by atoms with Crippen molar-refractivity contribution in [2.75, 3.05) is 0 Å². The van der Waals surface area contributed by atoms with Crippen LogP contribution in [0, 0.1) is 12.8 Å². The quantitative estimate of drug-likeness (QED) is 0.329. The number of ketones is 1. The summed E-state index contributed by atoms with van der Waals surface area (Å²) >= 11 is 6.32. The summed E-state index contributed by atoms with van der Waals surface area (Å²) in [6, 6.07) is 5.58. The third-order valence-electron chi connectivity index (χ3n) is 6.15. The zero-order valence-electron chi connectivity index (χ0n) is 21.2. The third kappa shape index (κ3) is 7.28. The van der Waals surface area contributed by atoms with Crippen molar-refractivity contribution in [3.05, 3.63) is 51.5 Å². The molecule has 2 heterocycles. The van der Waals surface area contributed by atoms with E-state index in [-0.39, 0.29) is 66.9 Å². The van der Waals surface area contributed by atoms with Gasteiger partial charge < -0.3 is 18.9 Å². The molecule has 0 amide bonds. The molecular formula is C26H29ClN3NaO5. The van der Waals surface area contributed by atoms with Crippen LogP contribution in [0.2, 0.25) is 5.02 Å². The number of aliphatic carboxylic acids is 1. The number of nitrogens with zero attached hydrogens (tertiary/aromatic N) is 3. The summed E-state index contributed by atoms with van der Waals surface area (Å²) in [6.45, 7) is 6.06. The van der Waals surface area contributed by atoms with Gasteiger partial charge in [0, 0.05) is 41.7 Å². The molecule has 1 atom stereocenters. The van der Waals surface area contributed by atoms with Crippen LogP contribution in [0.1, 0.15) is 86.1 Å². The van der Waals surface area contributed by atoms with E-state index in [9.17, 15) is 14.7 Å². The molecule has 186 valence electrons. The molecule has 0 spiro atoms. The molecule has 0 radical (unpaired) electrons.